The van der Waals surface area contributed by atoms with Crippen molar-refractivity contribution in [2.24, 2.45) is 0 Å². The van der Waals surface area contributed by atoms with E-state index in [-0.39, 0.29) is 6.04 Å². The van der Waals surface area contributed by atoms with Crippen LogP contribution < -0.4 is 5.43 Å². The molecule has 2 aromatic rings. The molecule has 0 aliphatic carbocycles. The molecule has 1 unspecified atom stereocenters. The number of hydrogen-bond donors (Lipinski definition) is 1. The van der Waals surface area contributed by atoms with Crippen LogP contribution in [0.1, 0.15) is 17.4 Å². The van der Waals surface area contributed by atoms with Gasteiger partial charge in [0.05, 0.1) is 6.04 Å². The van der Waals surface area contributed by atoms with Crippen LogP contribution in [0.15, 0.2) is 23.4 Å². The smallest absolute Gasteiger partial charge is 0.210 e. The van der Waals surface area contributed by atoms with Gasteiger partial charge in [-0.2, -0.15) is 0 Å². The van der Waals surface area contributed by atoms with E-state index in [2.05, 4.69) is 15.6 Å². The summed E-state index contributed by atoms with van der Waals surface area (Å²) in [7, 11) is 0. The molecule has 0 saturated carbocycles. The SMILES string of the molecule is Cc1nnc2n1NC(c1ccc(F)cc1F)CS2. The van der Waals surface area contributed by atoms with Gasteiger partial charge in [-0.15, -0.1) is 10.2 Å². The highest BCUT2D eigenvalue weighted by Crippen LogP contribution is 2.30. The van der Waals surface area contributed by atoms with Gasteiger partial charge in [0.15, 0.2) is 0 Å². The fraction of sp³-hybridized carbons (Fsp3) is 0.273. The number of thioether (sulfide) groups is 1. The largest absolute Gasteiger partial charge is 0.314 e. The van der Waals surface area contributed by atoms with Crippen LogP contribution in [0.3, 0.4) is 0 Å². The number of aromatic nitrogens is 3. The van der Waals surface area contributed by atoms with Crippen LogP contribution in [0.25, 0.3) is 0 Å². The molecule has 0 amide bonds. The molecule has 4 nitrogen and oxygen atoms in total. The molecule has 18 heavy (non-hydrogen) atoms. The summed E-state index contributed by atoms with van der Waals surface area (Å²) >= 11 is 1.49. The summed E-state index contributed by atoms with van der Waals surface area (Å²) in [5.74, 6) is 0.230. The Balaban J connectivity index is 1.93. The van der Waals surface area contributed by atoms with Crippen LogP contribution in [-0.4, -0.2) is 20.6 Å². The Hall–Kier alpha value is -1.63. The topological polar surface area (TPSA) is 42.7 Å². The normalized spacial score (nSPS) is 18.3. The van der Waals surface area contributed by atoms with Gasteiger partial charge in [0, 0.05) is 17.4 Å². The van der Waals surface area contributed by atoms with Crippen LogP contribution in [0.4, 0.5) is 8.78 Å². The highest BCUT2D eigenvalue weighted by molar-refractivity contribution is 7.99. The zero-order valence-electron chi connectivity index (χ0n) is 9.52. The maximum atomic E-state index is 13.7. The zero-order valence-corrected chi connectivity index (χ0v) is 10.3. The van der Waals surface area contributed by atoms with Gasteiger partial charge in [-0.05, 0) is 13.0 Å². The van der Waals surface area contributed by atoms with Crippen molar-refractivity contribution in [1.82, 2.24) is 14.9 Å². The standard InChI is InChI=1S/C11H10F2N4S/c1-6-14-15-11-17(6)16-10(5-18-11)8-3-2-7(12)4-9(8)13/h2-4,10,16H,5H2,1H3. The molecule has 1 aliphatic heterocycles. The highest BCUT2D eigenvalue weighted by Gasteiger charge is 2.24. The van der Waals surface area contributed by atoms with E-state index in [0.29, 0.717) is 17.1 Å². The number of hydrogen-bond acceptors (Lipinski definition) is 4. The maximum absolute atomic E-state index is 13.7. The first-order chi connectivity index (χ1) is 8.65. The second-order valence-corrected chi connectivity index (χ2v) is 5.01. The lowest BCUT2D eigenvalue weighted by Crippen LogP contribution is -2.29. The van der Waals surface area contributed by atoms with Crippen molar-refractivity contribution in [3.8, 4) is 0 Å². The molecule has 2 heterocycles. The third-order valence-corrected chi connectivity index (χ3v) is 3.82. The van der Waals surface area contributed by atoms with Crippen LogP contribution in [0, 0.1) is 18.6 Å². The molecular formula is C11H10F2N4S. The third kappa shape index (κ3) is 1.84. The minimum Gasteiger partial charge on any atom is -0.314 e. The summed E-state index contributed by atoms with van der Waals surface area (Å²) in [6, 6.07) is 3.40. The van der Waals surface area contributed by atoms with Gasteiger partial charge in [0.1, 0.15) is 17.5 Å². The second kappa shape index (κ2) is 4.24. The molecule has 3 rings (SSSR count). The van der Waals surface area contributed by atoms with Crippen LogP contribution in [-0.2, 0) is 0 Å². The summed E-state index contributed by atoms with van der Waals surface area (Å²) in [4.78, 5) is 0. The Morgan fingerprint density at radius 2 is 2.22 bits per heavy atom. The van der Waals surface area contributed by atoms with Crippen molar-refractivity contribution in [3.63, 3.8) is 0 Å². The van der Waals surface area contributed by atoms with Gasteiger partial charge in [-0.25, -0.2) is 13.5 Å². The van der Waals surface area contributed by atoms with Crippen LogP contribution in [0.2, 0.25) is 0 Å². The van der Waals surface area contributed by atoms with E-state index in [1.54, 1.807) is 4.68 Å². The van der Waals surface area contributed by atoms with Crippen molar-refractivity contribution in [2.75, 3.05) is 11.2 Å². The molecule has 0 bridgehead atoms. The summed E-state index contributed by atoms with van der Waals surface area (Å²) < 4.78 is 28.3. The summed E-state index contributed by atoms with van der Waals surface area (Å²) in [6.07, 6.45) is 0. The first-order valence-corrected chi connectivity index (χ1v) is 6.40. The number of benzene rings is 1. The predicted octanol–water partition coefficient (Wildman–Crippen LogP) is 2.26. The number of halogens is 2. The van der Waals surface area contributed by atoms with Gasteiger partial charge in [0.25, 0.3) is 0 Å². The molecule has 1 N–H and O–H groups in total. The first-order valence-electron chi connectivity index (χ1n) is 5.41. The maximum Gasteiger partial charge on any atom is 0.210 e. The summed E-state index contributed by atoms with van der Waals surface area (Å²) in [5, 5.41) is 8.68. The van der Waals surface area contributed by atoms with Crippen molar-refractivity contribution in [1.29, 1.82) is 0 Å². The Kier molecular flexibility index (Phi) is 2.70. The van der Waals surface area contributed by atoms with Gasteiger partial charge in [-0.1, -0.05) is 17.8 Å². The lowest BCUT2D eigenvalue weighted by molar-refractivity contribution is 0.552. The number of rotatable bonds is 1. The molecule has 1 aromatic heterocycles. The summed E-state index contributed by atoms with van der Waals surface area (Å²) in [6.45, 7) is 1.81. The highest BCUT2D eigenvalue weighted by atomic mass is 32.2. The lowest BCUT2D eigenvalue weighted by atomic mass is 10.1. The van der Waals surface area contributed by atoms with E-state index >= 15 is 0 Å². The lowest BCUT2D eigenvalue weighted by Gasteiger charge is -2.26. The van der Waals surface area contributed by atoms with E-state index in [4.69, 9.17) is 0 Å². The Morgan fingerprint density at radius 1 is 1.39 bits per heavy atom. The van der Waals surface area contributed by atoms with Crippen LogP contribution in [0.5, 0.6) is 0 Å². The third-order valence-electron chi connectivity index (χ3n) is 2.80. The Morgan fingerprint density at radius 3 is 3.00 bits per heavy atom. The minimum absolute atomic E-state index is 0.224. The molecule has 7 heteroatoms. The molecule has 0 saturated heterocycles. The average Bonchev–Trinajstić information content (AvgIpc) is 2.71. The molecule has 0 fully saturated rings. The fourth-order valence-electron chi connectivity index (χ4n) is 1.88. The first kappa shape index (κ1) is 11.5. The number of aryl methyl sites for hydroxylation is 1. The van der Waals surface area contributed by atoms with Gasteiger partial charge in [0.2, 0.25) is 5.16 Å². The van der Waals surface area contributed by atoms with Gasteiger partial charge in [-0.3, -0.25) is 0 Å². The molecule has 1 aliphatic rings. The average molecular weight is 268 g/mol. The van der Waals surface area contributed by atoms with Gasteiger partial charge < -0.3 is 5.43 Å². The number of nitrogens with one attached hydrogen (secondary N) is 1. The Bertz CT molecular complexity index is 599. The molecule has 94 valence electrons. The van der Waals surface area contributed by atoms with Crippen molar-refractivity contribution in [3.05, 3.63) is 41.2 Å². The molecule has 1 atom stereocenters. The molecule has 0 spiro atoms. The van der Waals surface area contributed by atoms with E-state index in [9.17, 15) is 8.78 Å². The van der Waals surface area contributed by atoms with Crippen molar-refractivity contribution < 1.29 is 8.78 Å². The Labute approximate surface area is 106 Å². The minimum atomic E-state index is -0.569. The summed E-state index contributed by atoms with van der Waals surface area (Å²) in [5.41, 5.74) is 3.58. The zero-order chi connectivity index (χ0) is 12.7. The van der Waals surface area contributed by atoms with E-state index in [1.807, 2.05) is 6.92 Å². The van der Waals surface area contributed by atoms with E-state index < -0.39 is 11.6 Å². The second-order valence-electron chi connectivity index (χ2n) is 4.02. The number of nitrogens with zero attached hydrogens (tertiary/aromatic N) is 3. The van der Waals surface area contributed by atoms with Gasteiger partial charge >= 0.3 is 0 Å². The van der Waals surface area contributed by atoms with E-state index in [0.717, 1.165) is 11.2 Å². The fourth-order valence-corrected chi connectivity index (χ4v) is 2.86. The monoisotopic (exact) mass is 268 g/mol. The predicted molar refractivity (Wildman–Crippen MR) is 63.9 cm³/mol. The van der Waals surface area contributed by atoms with Crippen molar-refractivity contribution in [2.45, 2.75) is 18.1 Å². The van der Waals surface area contributed by atoms with E-state index in [1.165, 1.54) is 23.9 Å². The number of fused-ring (bicyclic) bond motifs is 1. The van der Waals surface area contributed by atoms with Crippen molar-refractivity contribution >= 4 is 11.8 Å². The molecular weight excluding hydrogens is 258 g/mol. The quantitative estimate of drug-likeness (QED) is 0.861. The molecule has 1 aromatic carbocycles. The molecule has 0 radical (unpaired) electrons. The van der Waals surface area contributed by atoms with Crippen LogP contribution >= 0.6 is 11.8 Å².